The second-order valence-electron chi connectivity index (χ2n) is 3.60. The van der Waals surface area contributed by atoms with E-state index in [-0.39, 0.29) is 0 Å². The number of rotatable bonds is 0. The van der Waals surface area contributed by atoms with Crippen molar-refractivity contribution >= 4 is 28.4 Å². The molecular weight excluding hydrogens is 303 g/mol. The molecular formula is C10H13IN4. The molecule has 2 rings (SSSR count). The van der Waals surface area contributed by atoms with Crippen LogP contribution >= 0.6 is 22.6 Å². The van der Waals surface area contributed by atoms with Crippen LogP contribution < -0.4 is 0 Å². The molecule has 1 aliphatic rings. The maximum absolute atomic E-state index is 4.49. The third kappa shape index (κ3) is 1.92. The van der Waals surface area contributed by atoms with E-state index in [4.69, 9.17) is 0 Å². The lowest BCUT2D eigenvalue weighted by Gasteiger charge is -2.18. The van der Waals surface area contributed by atoms with Gasteiger partial charge in [-0.25, -0.2) is 9.98 Å². The number of aromatic nitrogens is 2. The molecule has 0 saturated carbocycles. The Morgan fingerprint density at radius 1 is 1.40 bits per heavy atom. The number of aryl methyl sites for hydroxylation is 1. The maximum Gasteiger partial charge on any atom is 0.136 e. The van der Waals surface area contributed by atoms with Crippen LogP contribution in [0.3, 0.4) is 0 Å². The zero-order chi connectivity index (χ0) is 11.0. The molecule has 4 nitrogen and oxygen atoms in total. The van der Waals surface area contributed by atoms with Crippen LogP contribution in [0.2, 0.25) is 0 Å². The molecule has 0 unspecified atom stereocenters. The Kier molecular flexibility index (Phi) is 2.81. The smallest absolute Gasteiger partial charge is 0.136 e. The first-order valence-electron chi connectivity index (χ1n) is 4.74. The monoisotopic (exact) mass is 316 g/mol. The van der Waals surface area contributed by atoms with Gasteiger partial charge in [0.05, 0.1) is 5.69 Å². The minimum atomic E-state index is 0.708. The summed E-state index contributed by atoms with van der Waals surface area (Å²) < 4.78 is 3.13. The molecule has 0 aliphatic carbocycles. The van der Waals surface area contributed by atoms with Gasteiger partial charge in [-0.3, -0.25) is 4.57 Å². The fourth-order valence-electron chi connectivity index (χ4n) is 1.57. The fraction of sp³-hybridized carbons (Fsp3) is 0.400. The van der Waals surface area contributed by atoms with E-state index >= 15 is 0 Å². The van der Waals surface area contributed by atoms with Crippen LogP contribution in [-0.4, -0.2) is 34.0 Å². The Balaban J connectivity index is 2.43. The molecule has 1 aliphatic heterocycles. The van der Waals surface area contributed by atoms with E-state index in [9.17, 15) is 0 Å². The van der Waals surface area contributed by atoms with E-state index in [0.717, 1.165) is 21.1 Å². The third-order valence-electron chi connectivity index (χ3n) is 2.38. The van der Waals surface area contributed by atoms with Gasteiger partial charge >= 0.3 is 0 Å². The van der Waals surface area contributed by atoms with Crippen molar-refractivity contribution in [2.45, 2.75) is 13.8 Å². The number of halogens is 1. The second kappa shape index (κ2) is 3.96. The molecule has 15 heavy (non-hydrogen) atoms. The molecule has 2 heterocycles. The highest BCUT2D eigenvalue weighted by atomic mass is 127. The lowest BCUT2D eigenvalue weighted by Crippen LogP contribution is -2.22. The van der Waals surface area contributed by atoms with Crippen LogP contribution in [0.15, 0.2) is 17.3 Å². The van der Waals surface area contributed by atoms with Gasteiger partial charge in [0.25, 0.3) is 0 Å². The third-order valence-corrected chi connectivity index (χ3v) is 3.40. The minimum absolute atomic E-state index is 0.708. The fourth-order valence-corrected chi connectivity index (χ4v) is 2.16. The molecule has 0 bridgehead atoms. The molecule has 0 radical (unpaired) electrons. The van der Waals surface area contributed by atoms with Crippen molar-refractivity contribution in [2.75, 3.05) is 13.7 Å². The van der Waals surface area contributed by atoms with Crippen molar-refractivity contribution in [2.24, 2.45) is 4.99 Å². The predicted molar refractivity (Wildman–Crippen MR) is 69.0 cm³/mol. The first-order valence-corrected chi connectivity index (χ1v) is 5.82. The molecule has 0 N–H and O–H groups in total. The largest absolute Gasteiger partial charge is 0.361 e. The summed E-state index contributed by atoms with van der Waals surface area (Å²) in [5, 5.41) is 0. The van der Waals surface area contributed by atoms with E-state index < -0.39 is 0 Å². The van der Waals surface area contributed by atoms with Crippen LogP contribution in [0, 0.1) is 17.5 Å². The standard InChI is InChI=1S/C10H13IN4/c1-7-10(11)13-8(2)15(7)9-4-5-14(3)6-12-9/h4-5H,6H2,1-3H3. The van der Waals surface area contributed by atoms with E-state index in [1.165, 1.54) is 0 Å². The van der Waals surface area contributed by atoms with E-state index in [1.54, 1.807) is 0 Å². The quantitative estimate of drug-likeness (QED) is 0.684. The predicted octanol–water partition coefficient (Wildman–Crippen LogP) is 1.77. The SMILES string of the molecule is Cc1nc(I)c(C)n1C1=NCN(C)C=C1. The average molecular weight is 316 g/mol. The van der Waals surface area contributed by atoms with Gasteiger partial charge in [0.15, 0.2) is 0 Å². The molecule has 0 spiro atoms. The summed E-state index contributed by atoms with van der Waals surface area (Å²) in [5.41, 5.74) is 1.15. The molecule has 0 aromatic carbocycles. The van der Waals surface area contributed by atoms with Crippen molar-refractivity contribution in [3.63, 3.8) is 0 Å². The van der Waals surface area contributed by atoms with Gasteiger partial charge in [-0.1, -0.05) is 0 Å². The molecule has 80 valence electrons. The highest BCUT2D eigenvalue weighted by molar-refractivity contribution is 14.1. The summed E-state index contributed by atoms with van der Waals surface area (Å²) in [5.74, 6) is 1.96. The summed E-state index contributed by atoms with van der Waals surface area (Å²) in [4.78, 5) is 11.0. The summed E-state index contributed by atoms with van der Waals surface area (Å²) in [6, 6.07) is 0. The lowest BCUT2D eigenvalue weighted by atomic mass is 10.4. The topological polar surface area (TPSA) is 33.4 Å². The highest BCUT2D eigenvalue weighted by Crippen LogP contribution is 2.14. The average Bonchev–Trinajstić information content (AvgIpc) is 2.44. The van der Waals surface area contributed by atoms with Gasteiger partial charge in [0, 0.05) is 13.2 Å². The number of nitrogens with zero attached hydrogens (tertiary/aromatic N) is 4. The van der Waals surface area contributed by atoms with Crippen LogP contribution in [-0.2, 0) is 0 Å². The van der Waals surface area contributed by atoms with Gasteiger partial charge in [0.2, 0.25) is 0 Å². The molecule has 0 atom stereocenters. The maximum atomic E-state index is 4.49. The number of hydrogen-bond acceptors (Lipinski definition) is 3. The van der Waals surface area contributed by atoms with Gasteiger partial charge < -0.3 is 4.90 Å². The Morgan fingerprint density at radius 2 is 2.13 bits per heavy atom. The Hall–Kier alpha value is -0.850. The molecule has 5 heteroatoms. The van der Waals surface area contributed by atoms with E-state index in [1.807, 2.05) is 31.1 Å². The summed E-state index contributed by atoms with van der Waals surface area (Å²) in [7, 11) is 2.01. The first kappa shape index (κ1) is 10.7. The Bertz CT molecular complexity index is 445. The summed E-state index contributed by atoms with van der Waals surface area (Å²) >= 11 is 2.25. The van der Waals surface area contributed by atoms with Crippen molar-refractivity contribution in [1.29, 1.82) is 0 Å². The minimum Gasteiger partial charge on any atom is -0.361 e. The van der Waals surface area contributed by atoms with Crippen molar-refractivity contribution in [1.82, 2.24) is 14.5 Å². The van der Waals surface area contributed by atoms with Crippen LogP contribution in [0.5, 0.6) is 0 Å². The number of hydrogen-bond donors (Lipinski definition) is 0. The van der Waals surface area contributed by atoms with E-state index in [0.29, 0.717) is 6.67 Å². The zero-order valence-electron chi connectivity index (χ0n) is 9.03. The number of aliphatic imine (C=N–C) groups is 1. The summed E-state index contributed by atoms with van der Waals surface area (Å²) in [6.45, 7) is 4.78. The van der Waals surface area contributed by atoms with E-state index in [2.05, 4.69) is 44.1 Å². The zero-order valence-corrected chi connectivity index (χ0v) is 11.2. The highest BCUT2D eigenvalue weighted by Gasteiger charge is 2.13. The Labute approximate surface area is 103 Å². The number of imidazole rings is 1. The van der Waals surface area contributed by atoms with Gasteiger partial charge in [0.1, 0.15) is 22.0 Å². The van der Waals surface area contributed by atoms with Crippen molar-refractivity contribution in [3.8, 4) is 0 Å². The number of allylic oxidation sites excluding steroid dienone is 1. The van der Waals surface area contributed by atoms with Crippen molar-refractivity contribution < 1.29 is 0 Å². The molecule has 0 fully saturated rings. The van der Waals surface area contributed by atoms with Gasteiger partial charge in [-0.15, -0.1) is 0 Å². The molecule has 0 saturated heterocycles. The summed E-state index contributed by atoms with van der Waals surface area (Å²) in [6.07, 6.45) is 4.05. The normalized spacial score (nSPS) is 15.7. The molecule has 1 aromatic rings. The Morgan fingerprint density at radius 3 is 2.60 bits per heavy atom. The second-order valence-corrected chi connectivity index (χ2v) is 4.62. The van der Waals surface area contributed by atoms with Crippen molar-refractivity contribution in [3.05, 3.63) is 27.5 Å². The van der Waals surface area contributed by atoms with Gasteiger partial charge in [-0.05, 0) is 42.5 Å². The van der Waals surface area contributed by atoms with Gasteiger partial charge in [-0.2, -0.15) is 0 Å². The molecule has 0 amide bonds. The van der Waals surface area contributed by atoms with Crippen LogP contribution in [0.25, 0.3) is 0 Å². The molecule has 1 aromatic heterocycles. The van der Waals surface area contributed by atoms with Crippen LogP contribution in [0.4, 0.5) is 0 Å². The van der Waals surface area contributed by atoms with Crippen LogP contribution in [0.1, 0.15) is 11.5 Å². The first-order chi connectivity index (χ1) is 7.09. The lowest BCUT2D eigenvalue weighted by molar-refractivity contribution is 0.467.